The Kier molecular flexibility index (Phi) is 6.19. The first-order chi connectivity index (χ1) is 16.5. The molecule has 0 bridgehead atoms. The molecule has 178 valence electrons. The molecule has 3 aromatic rings. The van der Waals surface area contributed by atoms with E-state index in [0.717, 1.165) is 73.4 Å². The van der Waals surface area contributed by atoms with Gasteiger partial charge in [-0.2, -0.15) is 5.10 Å². The summed E-state index contributed by atoms with van der Waals surface area (Å²) >= 11 is 0. The summed E-state index contributed by atoms with van der Waals surface area (Å²) in [4.78, 5) is 28.7. The smallest absolute Gasteiger partial charge is 0.219 e. The highest BCUT2D eigenvalue weighted by Gasteiger charge is 2.27. The summed E-state index contributed by atoms with van der Waals surface area (Å²) < 4.78 is 7.06. The molecule has 5 rings (SSSR count). The van der Waals surface area contributed by atoms with Gasteiger partial charge in [0.25, 0.3) is 0 Å². The van der Waals surface area contributed by atoms with Crippen LogP contribution in [-0.4, -0.2) is 75.3 Å². The Balaban J connectivity index is 1.36. The Morgan fingerprint density at radius 3 is 2.44 bits per heavy atom. The summed E-state index contributed by atoms with van der Waals surface area (Å²) in [5, 5.41) is 4.35. The maximum Gasteiger partial charge on any atom is 0.219 e. The van der Waals surface area contributed by atoms with E-state index in [0.29, 0.717) is 13.1 Å². The van der Waals surface area contributed by atoms with E-state index in [2.05, 4.69) is 27.0 Å². The van der Waals surface area contributed by atoms with Crippen LogP contribution >= 0.6 is 0 Å². The number of nitrogens with zero attached hydrogens (tertiary/aromatic N) is 7. The van der Waals surface area contributed by atoms with Gasteiger partial charge < -0.3 is 14.5 Å². The number of hydrogen-bond donors (Lipinski definition) is 0. The van der Waals surface area contributed by atoms with Gasteiger partial charge in [-0.05, 0) is 17.7 Å². The topological polar surface area (TPSA) is 79.6 Å². The van der Waals surface area contributed by atoms with Gasteiger partial charge in [0.1, 0.15) is 11.4 Å². The first-order valence-corrected chi connectivity index (χ1v) is 11.7. The molecule has 9 heteroatoms. The van der Waals surface area contributed by atoms with Crippen molar-refractivity contribution in [1.29, 1.82) is 0 Å². The van der Waals surface area contributed by atoms with Crippen LogP contribution in [-0.2, 0) is 31.4 Å². The van der Waals surface area contributed by atoms with Crippen LogP contribution in [0.2, 0.25) is 0 Å². The molecule has 0 unspecified atom stereocenters. The van der Waals surface area contributed by atoms with E-state index in [9.17, 15) is 4.79 Å². The summed E-state index contributed by atoms with van der Waals surface area (Å²) in [5.74, 6) is 1.88. The van der Waals surface area contributed by atoms with Crippen molar-refractivity contribution in [2.45, 2.75) is 26.4 Å². The number of amides is 1. The van der Waals surface area contributed by atoms with Crippen LogP contribution in [0.5, 0.6) is 5.75 Å². The zero-order valence-corrected chi connectivity index (χ0v) is 20.1. The zero-order valence-electron chi connectivity index (χ0n) is 20.1. The average Bonchev–Trinajstić information content (AvgIpc) is 3.30. The Labute approximate surface area is 200 Å². The van der Waals surface area contributed by atoms with E-state index in [-0.39, 0.29) is 5.91 Å². The predicted molar refractivity (Wildman–Crippen MR) is 130 cm³/mol. The molecule has 0 aliphatic carbocycles. The Morgan fingerprint density at radius 2 is 1.79 bits per heavy atom. The predicted octanol–water partition coefficient (Wildman–Crippen LogP) is 2.11. The largest absolute Gasteiger partial charge is 0.497 e. The van der Waals surface area contributed by atoms with Crippen molar-refractivity contribution >= 4 is 11.7 Å². The van der Waals surface area contributed by atoms with Crippen molar-refractivity contribution in [2.24, 2.45) is 7.05 Å². The number of ether oxygens (including phenoxy) is 1. The monoisotopic (exact) mass is 461 g/mol. The summed E-state index contributed by atoms with van der Waals surface area (Å²) in [6.45, 7) is 7.42. The van der Waals surface area contributed by atoms with Crippen molar-refractivity contribution in [3.8, 4) is 17.0 Å². The standard InChI is InChI=1S/C25H31N7O2/c1-18(33)32-9-8-22-23(17-32)27-24(20-14-26-29(2)16-20)25(28-22)31-12-10-30(11-13-31)15-19-4-6-21(34-3)7-5-19/h4-7,14,16H,8-13,15,17H2,1-3H3. The fourth-order valence-electron chi connectivity index (χ4n) is 4.66. The minimum atomic E-state index is 0.0763. The molecule has 1 saturated heterocycles. The van der Waals surface area contributed by atoms with Gasteiger partial charge in [0, 0.05) is 71.4 Å². The first kappa shape index (κ1) is 22.3. The molecule has 2 aliphatic rings. The van der Waals surface area contributed by atoms with E-state index in [4.69, 9.17) is 14.7 Å². The number of aryl methyl sites for hydroxylation is 1. The number of methoxy groups -OCH3 is 1. The second-order valence-corrected chi connectivity index (χ2v) is 8.99. The molecule has 0 spiro atoms. The molecule has 9 nitrogen and oxygen atoms in total. The number of fused-ring (bicyclic) bond motifs is 1. The first-order valence-electron chi connectivity index (χ1n) is 11.7. The quantitative estimate of drug-likeness (QED) is 0.576. The molecule has 0 atom stereocenters. The summed E-state index contributed by atoms with van der Waals surface area (Å²) in [6, 6.07) is 8.29. The lowest BCUT2D eigenvalue weighted by molar-refractivity contribution is -0.129. The Bertz CT molecular complexity index is 1170. The lowest BCUT2D eigenvalue weighted by atomic mass is 10.1. The number of piperazine rings is 1. The van der Waals surface area contributed by atoms with Gasteiger partial charge >= 0.3 is 0 Å². The second-order valence-electron chi connectivity index (χ2n) is 8.99. The van der Waals surface area contributed by atoms with Crippen LogP contribution in [0.25, 0.3) is 11.3 Å². The Hall–Kier alpha value is -3.46. The third kappa shape index (κ3) is 4.61. The SMILES string of the molecule is COc1ccc(CN2CCN(c3nc4c(nc3-c3cnn(C)c3)CN(C(C)=O)CC4)CC2)cc1. The van der Waals surface area contributed by atoms with Gasteiger partial charge in [0.05, 0.1) is 31.2 Å². The van der Waals surface area contributed by atoms with Crippen LogP contribution in [0.1, 0.15) is 23.9 Å². The third-order valence-corrected chi connectivity index (χ3v) is 6.65. The van der Waals surface area contributed by atoms with E-state index >= 15 is 0 Å². The summed E-state index contributed by atoms with van der Waals surface area (Å²) in [6.07, 6.45) is 4.55. The molecule has 34 heavy (non-hydrogen) atoms. The molecule has 1 amide bonds. The zero-order chi connectivity index (χ0) is 23.7. The number of carbonyl (C=O) groups excluding carboxylic acids is 1. The average molecular weight is 462 g/mol. The number of aromatic nitrogens is 4. The van der Waals surface area contributed by atoms with Crippen molar-refractivity contribution < 1.29 is 9.53 Å². The van der Waals surface area contributed by atoms with Crippen molar-refractivity contribution in [1.82, 2.24) is 29.5 Å². The van der Waals surface area contributed by atoms with Crippen LogP contribution in [0, 0.1) is 0 Å². The summed E-state index contributed by atoms with van der Waals surface area (Å²) in [7, 11) is 3.60. The van der Waals surface area contributed by atoms with Crippen molar-refractivity contribution in [3.05, 3.63) is 53.6 Å². The molecule has 1 fully saturated rings. The fraction of sp³-hybridized carbons (Fsp3) is 0.440. The Morgan fingerprint density at radius 1 is 1.03 bits per heavy atom. The molecular formula is C25H31N7O2. The molecule has 0 saturated carbocycles. The van der Waals surface area contributed by atoms with Crippen LogP contribution in [0.3, 0.4) is 0 Å². The lowest BCUT2D eigenvalue weighted by Crippen LogP contribution is -2.46. The molecular weight excluding hydrogens is 430 g/mol. The van der Waals surface area contributed by atoms with Gasteiger partial charge in [-0.3, -0.25) is 14.4 Å². The van der Waals surface area contributed by atoms with E-state index in [1.807, 2.05) is 36.5 Å². The molecule has 2 aliphatic heterocycles. The lowest BCUT2D eigenvalue weighted by Gasteiger charge is -2.37. The van der Waals surface area contributed by atoms with Crippen LogP contribution in [0.15, 0.2) is 36.7 Å². The molecule has 0 N–H and O–H groups in total. The number of hydrogen-bond acceptors (Lipinski definition) is 7. The van der Waals surface area contributed by atoms with E-state index in [1.54, 1.807) is 18.7 Å². The minimum absolute atomic E-state index is 0.0763. The summed E-state index contributed by atoms with van der Waals surface area (Å²) in [5.41, 5.74) is 4.98. The van der Waals surface area contributed by atoms with Crippen molar-refractivity contribution in [2.75, 3.05) is 44.7 Å². The maximum atomic E-state index is 11.9. The number of rotatable bonds is 5. The molecule has 0 radical (unpaired) electrons. The van der Waals surface area contributed by atoms with E-state index in [1.165, 1.54) is 5.56 Å². The van der Waals surface area contributed by atoms with Crippen LogP contribution < -0.4 is 9.64 Å². The highest BCUT2D eigenvalue weighted by atomic mass is 16.5. The van der Waals surface area contributed by atoms with Crippen LogP contribution in [0.4, 0.5) is 5.82 Å². The molecule has 1 aromatic carbocycles. The van der Waals surface area contributed by atoms with Crippen molar-refractivity contribution in [3.63, 3.8) is 0 Å². The second kappa shape index (κ2) is 9.42. The highest BCUT2D eigenvalue weighted by Crippen LogP contribution is 2.31. The number of benzene rings is 1. The maximum absolute atomic E-state index is 11.9. The van der Waals surface area contributed by atoms with Gasteiger partial charge in [0.15, 0.2) is 5.82 Å². The molecule has 2 aromatic heterocycles. The van der Waals surface area contributed by atoms with Gasteiger partial charge in [-0.1, -0.05) is 12.1 Å². The minimum Gasteiger partial charge on any atom is -0.497 e. The van der Waals surface area contributed by atoms with E-state index < -0.39 is 0 Å². The number of carbonyl (C=O) groups is 1. The fourth-order valence-corrected chi connectivity index (χ4v) is 4.66. The third-order valence-electron chi connectivity index (χ3n) is 6.65. The van der Waals surface area contributed by atoms with Gasteiger partial charge in [-0.25, -0.2) is 9.97 Å². The highest BCUT2D eigenvalue weighted by molar-refractivity contribution is 5.74. The number of anilines is 1. The van der Waals surface area contributed by atoms with Gasteiger partial charge in [-0.15, -0.1) is 0 Å². The normalized spacial score (nSPS) is 16.4. The molecule has 4 heterocycles. The van der Waals surface area contributed by atoms with Gasteiger partial charge in [0.2, 0.25) is 5.91 Å².